The number of amides is 1. The van der Waals surface area contributed by atoms with Crippen molar-refractivity contribution in [2.75, 3.05) is 13.1 Å². The topological polar surface area (TPSA) is 282 Å². The molecule has 2 unspecified atom stereocenters. The molecule has 188 valence electrons. The van der Waals surface area contributed by atoms with Crippen LogP contribution in [0, 0.1) is 0 Å². The molecule has 12 N–H and O–H groups in total. The van der Waals surface area contributed by atoms with Crippen LogP contribution >= 0.6 is 0 Å². The number of hydrogen-bond acceptors (Lipinski definition) is 11. The zero-order valence-corrected chi connectivity index (χ0v) is 19.8. The molecule has 3 rings (SSSR count). The standard InChI is InChI=1S/C18H24N10O5S2/c19-6-7-24-35(32,33)12-5-4-9(8-13(12)34(23,30)31)10-2-1-3-11(15(20)16(21)17(22)29)14(10)18-25-27-28-26-18/h1-5,8,15-16,24H,6-7,19-21H2,(H2,22,29)(H2,23,30,31)(H,25,26,27,28). The van der Waals surface area contributed by atoms with Crippen molar-refractivity contribution in [2.45, 2.75) is 21.9 Å². The van der Waals surface area contributed by atoms with Gasteiger partial charge in [-0.2, -0.15) is 5.21 Å². The molecule has 1 aromatic heterocycles. The largest absolute Gasteiger partial charge is 0.368 e. The fourth-order valence-corrected chi connectivity index (χ4v) is 5.80. The molecule has 0 aliphatic carbocycles. The van der Waals surface area contributed by atoms with Crippen LogP contribution in [-0.4, -0.2) is 62.5 Å². The van der Waals surface area contributed by atoms with E-state index >= 15 is 0 Å². The average molecular weight is 525 g/mol. The van der Waals surface area contributed by atoms with Crippen LogP contribution in [0.15, 0.2) is 46.2 Å². The van der Waals surface area contributed by atoms with Crippen LogP contribution < -0.4 is 32.8 Å². The molecule has 3 aromatic rings. The molecular formula is C18H24N10O5S2. The van der Waals surface area contributed by atoms with Crippen molar-refractivity contribution in [3.8, 4) is 22.5 Å². The number of rotatable bonds is 10. The van der Waals surface area contributed by atoms with Crippen molar-refractivity contribution in [3.63, 3.8) is 0 Å². The van der Waals surface area contributed by atoms with E-state index in [2.05, 4.69) is 25.3 Å². The van der Waals surface area contributed by atoms with Gasteiger partial charge in [0.15, 0.2) is 0 Å². The number of H-pyrrole nitrogens is 1. The maximum atomic E-state index is 12.6. The van der Waals surface area contributed by atoms with Crippen LogP contribution in [0.2, 0.25) is 0 Å². The summed E-state index contributed by atoms with van der Waals surface area (Å²) < 4.78 is 52.2. The lowest BCUT2D eigenvalue weighted by Crippen LogP contribution is -2.45. The Kier molecular flexibility index (Phi) is 7.60. The molecule has 2 atom stereocenters. The number of primary sulfonamides is 1. The second-order valence-electron chi connectivity index (χ2n) is 7.35. The van der Waals surface area contributed by atoms with Gasteiger partial charge in [-0.3, -0.25) is 4.79 Å². The van der Waals surface area contributed by atoms with Gasteiger partial charge >= 0.3 is 0 Å². The average Bonchev–Trinajstić information content (AvgIpc) is 3.35. The van der Waals surface area contributed by atoms with Crippen LogP contribution in [-0.2, 0) is 24.8 Å². The van der Waals surface area contributed by atoms with Gasteiger partial charge in [-0.25, -0.2) is 26.7 Å². The molecular weight excluding hydrogens is 500 g/mol. The van der Waals surface area contributed by atoms with Gasteiger partial charge in [0.2, 0.25) is 31.8 Å². The number of hydrogen-bond donors (Lipinski definition) is 7. The van der Waals surface area contributed by atoms with Crippen LogP contribution in [0.4, 0.5) is 0 Å². The Bertz CT molecular complexity index is 1440. The van der Waals surface area contributed by atoms with Crippen molar-refractivity contribution in [1.29, 1.82) is 0 Å². The SMILES string of the molecule is NCCNS(=O)(=O)c1ccc(-c2cccc(C(N)C(N)C(N)=O)c2-c2nn[nH]n2)cc1S(N)(=O)=O. The van der Waals surface area contributed by atoms with Crippen molar-refractivity contribution < 1.29 is 21.6 Å². The highest BCUT2D eigenvalue weighted by atomic mass is 32.2. The number of carbonyl (C=O) groups is 1. The summed E-state index contributed by atoms with van der Waals surface area (Å²) in [6.07, 6.45) is 0. The minimum absolute atomic E-state index is 0.00340. The highest BCUT2D eigenvalue weighted by Crippen LogP contribution is 2.37. The van der Waals surface area contributed by atoms with Crippen molar-refractivity contribution >= 4 is 26.0 Å². The van der Waals surface area contributed by atoms with E-state index in [4.69, 9.17) is 28.1 Å². The lowest BCUT2D eigenvalue weighted by molar-refractivity contribution is -0.119. The van der Waals surface area contributed by atoms with E-state index in [1.165, 1.54) is 6.07 Å². The Hall–Kier alpha value is -3.32. The van der Waals surface area contributed by atoms with E-state index < -0.39 is 47.8 Å². The summed E-state index contributed by atoms with van der Waals surface area (Å²) in [5.41, 5.74) is 23.8. The van der Waals surface area contributed by atoms with Gasteiger partial charge in [-0.15, -0.1) is 10.2 Å². The van der Waals surface area contributed by atoms with E-state index in [1.807, 2.05) is 0 Å². The Balaban J connectivity index is 2.29. The van der Waals surface area contributed by atoms with E-state index in [0.29, 0.717) is 11.1 Å². The van der Waals surface area contributed by atoms with E-state index in [9.17, 15) is 21.6 Å². The summed E-state index contributed by atoms with van der Waals surface area (Å²) in [6.45, 7) is -0.118. The first-order valence-corrected chi connectivity index (χ1v) is 13.0. The molecule has 2 aromatic carbocycles. The number of nitrogens with one attached hydrogen (secondary N) is 2. The Morgan fingerprint density at radius 3 is 2.37 bits per heavy atom. The Morgan fingerprint density at radius 1 is 1.09 bits per heavy atom. The molecule has 17 heteroatoms. The molecule has 1 amide bonds. The molecule has 0 bridgehead atoms. The summed E-state index contributed by atoms with van der Waals surface area (Å²) in [6, 6.07) is 5.93. The maximum absolute atomic E-state index is 12.6. The smallest absolute Gasteiger partial charge is 0.241 e. The first kappa shape index (κ1) is 26.3. The number of sulfonamides is 2. The number of nitrogens with zero attached hydrogens (tertiary/aromatic N) is 3. The zero-order valence-electron chi connectivity index (χ0n) is 18.1. The predicted octanol–water partition coefficient (Wildman–Crippen LogP) is -2.77. The first-order chi connectivity index (χ1) is 16.4. The normalized spacial score (nSPS) is 13.9. The number of primary amides is 1. The number of tetrazole rings is 1. The lowest BCUT2D eigenvalue weighted by atomic mass is 9.89. The highest BCUT2D eigenvalue weighted by Gasteiger charge is 2.29. The molecule has 0 saturated carbocycles. The number of carbonyl (C=O) groups excluding carboxylic acids is 1. The van der Waals surface area contributed by atoms with Gasteiger partial charge in [-0.05, 0) is 34.0 Å². The maximum Gasteiger partial charge on any atom is 0.241 e. The van der Waals surface area contributed by atoms with E-state index in [-0.39, 0.29) is 30.0 Å². The quantitative estimate of drug-likeness (QED) is 0.142. The Morgan fingerprint density at radius 2 is 1.80 bits per heavy atom. The molecule has 0 fully saturated rings. The number of nitrogens with two attached hydrogens (primary N) is 5. The molecule has 35 heavy (non-hydrogen) atoms. The minimum atomic E-state index is -4.50. The number of benzene rings is 2. The van der Waals surface area contributed by atoms with Gasteiger partial charge in [0.05, 0.1) is 6.04 Å². The summed E-state index contributed by atoms with van der Waals surface area (Å²) in [5, 5.41) is 19.1. The summed E-state index contributed by atoms with van der Waals surface area (Å²) in [4.78, 5) is 10.4. The third-order valence-electron chi connectivity index (χ3n) is 5.03. The minimum Gasteiger partial charge on any atom is -0.368 e. The second kappa shape index (κ2) is 10.1. The molecule has 0 spiro atoms. The fraction of sp³-hybridized carbons (Fsp3) is 0.222. The predicted molar refractivity (Wildman–Crippen MR) is 125 cm³/mol. The summed E-state index contributed by atoms with van der Waals surface area (Å²) in [7, 11) is -8.74. The van der Waals surface area contributed by atoms with Gasteiger partial charge in [0.1, 0.15) is 15.8 Å². The van der Waals surface area contributed by atoms with Crippen LogP contribution in [0.5, 0.6) is 0 Å². The van der Waals surface area contributed by atoms with Crippen LogP contribution in [0.3, 0.4) is 0 Å². The third kappa shape index (κ3) is 5.51. The monoisotopic (exact) mass is 524 g/mol. The van der Waals surface area contributed by atoms with Gasteiger partial charge in [0.25, 0.3) is 0 Å². The van der Waals surface area contributed by atoms with Crippen molar-refractivity contribution in [2.24, 2.45) is 28.1 Å². The number of aromatic nitrogens is 4. The zero-order chi connectivity index (χ0) is 26.0. The van der Waals surface area contributed by atoms with Crippen LogP contribution in [0.25, 0.3) is 22.5 Å². The molecule has 15 nitrogen and oxygen atoms in total. The molecule has 1 heterocycles. The van der Waals surface area contributed by atoms with Gasteiger partial charge in [0, 0.05) is 18.7 Å². The van der Waals surface area contributed by atoms with Gasteiger partial charge < -0.3 is 22.9 Å². The second-order valence-corrected chi connectivity index (χ2v) is 10.6. The first-order valence-electron chi connectivity index (χ1n) is 9.92. The van der Waals surface area contributed by atoms with Crippen molar-refractivity contribution in [3.05, 3.63) is 42.0 Å². The summed E-state index contributed by atoms with van der Waals surface area (Å²) in [5.74, 6) is -0.792. The third-order valence-corrected chi connectivity index (χ3v) is 7.63. The van der Waals surface area contributed by atoms with E-state index in [0.717, 1.165) is 12.1 Å². The summed E-state index contributed by atoms with van der Waals surface area (Å²) >= 11 is 0. The fourth-order valence-electron chi connectivity index (χ4n) is 3.37. The molecule has 0 aliphatic heterocycles. The van der Waals surface area contributed by atoms with E-state index in [1.54, 1.807) is 18.2 Å². The van der Waals surface area contributed by atoms with Crippen molar-refractivity contribution in [1.82, 2.24) is 25.3 Å². The van der Waals surface area contributed by atoms with Gasteiger partial charge in [-0.1, -0.05) is 24.3 Å². The Labute approximate surface area is 200 Å². The lowest BCUT2D eigenvalue weighted by Gasteiger charge is -2.21. The number of aromatic amines is 1. The molecule has 0 aliphatic rings. The highest BCUT2D eigenvalue weighted by molar-refractivity contribution is 7.92. The molecule has 0 saturated heterocycles. The van der Waals surface area contributed by atoms with Crippen LogP contribution in [0.1, 0.15) is 11.6 Å². The molecule has 0 radical (unpaired) electrons.